The first kappa shape index (κ1) is 16.2. The highest BCUT2D eigenvalue weighted by molar-refractivity contribution is 7.99. The van der Waals surface area contributed by atoms with Gasteiger partial charge in [-0.25, -0.2) is 0 Å². The van der Waals surface area contributed by atoms with Gasteiger partial charge in [0.2, 0.25) is 0 Å². The smallest absolute Gasteiger partial charge is 0.251 e. The first-order valence-corrected chi connectivity index (χ1v) is 9.22. The van der Waals surface area contributed by atoms with Gasteiger partial charge < -0.3 is 10.2 Å². The lowest BCUT2D eigenvalue weighted by atomic mass is 9.94. The lowest BCUT2D eigenvalue weighted by Crippen LogP contribution is -2.31. The highest BCUT2D eigenvalue weighted by Crippen LogP contribution is 2.47. The zero-order valence-electron chi connectivity index (χ0n) is 14.4. The van der Waals surface area contributed by atoms with Crippen LogP contribution in [0, 0.1) is 0 Å². The Morgan fingerprint density at radius 2 is 1.80 bits per heavy atom. The van der Waals surface area contributed by atoms with E-state index in [1.54, 1.807) is 11.8 Å². The van der Waals surface area contributed by atoms with Gasteiger partial charge in [0, 0.05) is 33.8 Å². The molecule has 0 unspecified atom stereocenters. The summed E-state index contributed by atoms with van der Waals surface area (Å²) in [5, 5.41) is 5.38. The van der Waals surface area contributed by atoms with Crippen molar-refractivity contribution in [3.05, 3.63) is 60.2 Å². The largest absolute Gasteiger partial charge is 0.351 e. The number of nitrogens with one attached hydrogen (secondary N) is 1. The molecule has 1 aliphatic heterocycles. The fourth-order valence-electron chi connectivity index (χ4n) is 3.21. The quantitative estimate of drug-likeness (QED) is 0.598. The fourth-order valence-corrected chi connectivity index (χ4v) is 4.36. The van der Waals surface area contributed by atoms with Crippen molar-refractivity contribution in [1.29, 1.82) is 0 Å². The highest BCUT2D eigenvalue weighted by Gasteiger charge is 2.20. The number of nitrogens with zero attached hydrogens (tertiary/aromatic N) is 1. The van der Waals surface area contributed by atoms with Gasteiger partial charge in [-0.1, -0.05) is 42.1 Å². The Balaban J connectivity index is 1.79. The highest BCUT2D eigenvalue weighted by atomic mass is 32.2. The summed E-state index contributed by atoms with van der Waals surface area (Å²) in [7, 11) is 4.00. The molecule has 0 spiro atoms. The summed E-state index contributed by atoms with van der Waals surface area (Å²) in [6, 6.07) is 18.8. The Labute approximate surface area is 152 Å². The predicted molar refractivity (Wildman–Crippen MR) is 104 cm³/mol. The Morgan fingerprint density at radius 3 is 2.64 bits per heavy atom. The number of carbonyl (C=O) groups is 1. The molecule has 1 aliphatic rings. The van der Waals surface area contributed by atoms with Gasteiger partial charge in [0.05, 0.1) is 0 Å². The van der Waals surface area contributed by atoms with Crippen molar-refractivity contribution >= 4 is 28.4 Å². The van der Waals surface area contributed by atoms with Crippen LogP contribution in [0.2, 0.25) is 0 Å². The molecule has 4 rings (SSSR count). The molecule has 0 aliphatic carbocycles. The molecule has 0 radical (unpaired) electrons. The summed E-state index contributed by atoms with van der Waals surface area (Å²) in [4.78, 5) is 17.2. The Morgan fingerprint density at radius 1 is 1.00 bits per heavy atom. The lowest BCUT2D eigenvalue weighted by Gasteiger charge is -2.21. The van der Waals surface area contributed by atoms with E-state index in [-0.39, 0.29) is 5.91 Å². The first-order chi connectivity index (χ1) is 12.1. The van der Waals surface area contributed by atoms with Gasteiger partial charge >= 0.3 is 0 Å². The van der Waals surface area contributed by atoms with E-state index < -0.39 is 0 Å². The molecule has 126 valence electrons. The summed E-state index contributed by atoms with van der Waals surface area (Å²) in [6.07, 6.45) is 0. The van der Waals surface area contributed by atoms with Gasteiger partial charge in [-0.05, 0) is 54.9 Å². The van der Waals surface area contributed by atoms with Crippen LogP contribution in [0.15, 0.2) is 64.4 Å². The van der Waals surface area contributed by atoms with Gasteiger partial charge in [-0.15, -0.1) is 0 Å². The second-order valence-corrected chi connectivity index (χ2v) is 7.62. The van der Waals surface area contributed by atoms with E-state index >= 15 is 0 Å². The molecule has 1 amide bonds. The maximum atomic E-state index is 12.6. The van der Waals surface area contributed by atoms with Crippen LogP contribution in [0.5, 0.6) is 0 Å². The van der Waals surface area contributed by atoms with Gasteiger partial charge in [-0.2, -0.15) is 0 Å². The van der Waals surface area contributed by atoms with Crippen LogP contribution in [-0.2, 0) is 0 Å². The third-order valence-corrected chi connectivity index (χ3v) is 5.58. The van der Waals surface area contributed by atoms with Crippen LogP contribution in [-0.4, -0.2) is 38.0 Å². The maximum Gasteiger partial charge on any atom is 0.251 e. The molecule has 0 bridgehead atoms. The molecular weight excluding hydrogens is 328 g/mol. The number of rotatable bonds is 4. The van der Waals surface area contributed by atoms with E-state index in [4.69, 9.17) is 0 Å². The SMILES string of the molecule is CN(C)CCNC(=O)c1cc2c3c(cccc3c1)Sc1ccccc1-2. The molecule has 0 fully saturated rings. The van der Waals surface area contributed by atoms with Crippen LogP contribution in [0.25, 0.3) is 21.9 Å². The van der Waals surface area contributed by atoms with Crippen molar-refractivity contribution in [1.82, 2.24) is 10.2 Å². The van der Waals surface area contributed by atoms with Gasteiger partial charge in [0.15, 0.2) is 0 Å². The molecule has 4 heteroatoms. The molecule has 3 nitrogen and oxygen atoms in total. The normalized spacial score (nSPS) is 12.3. The average Bonchev–Trinajstić information content (AvgIpc) is 2.61. The van der Waals surface area contributed by atoms with Crippen LogP contribution in [0.1, 0.15) is 10.4 Å². The number of benzene rings is 3. The number of carbonyl (C=O) groups excluding carboxylic acids is 1. The Hall–Kier alpha value is -2.30. The summed E-state index contributed by atoms with van der Waals surface area (Å²) < 4.78 is 0. The summed E-state index contributed by atoms with van der Waals surface area (Å²) in [5.74, 6) is -0.0129. The molecule has 1 N–H and O–H groups in total. The molecular formula is C21H20N2OS. The predicted octanol–water partition coefficient (Wildman–Crippen LogP) is 4.26. The molecule has 0 atom stereocenters. The minimum absolute atomic E-state index is 0.0129. The van der Waals surface area contributed by atoms with Crippen molar-refractivity contribution in [3.8, 4) is 11.1 Å². The number of hydrogen-bond donors (Lipinski definition) is 1. The Bertz CT molecular complexity index is 965. The van der Waals surface area contributed by atoms with Crippen LogP contribution >= 0.6 is 11.8 Å². The number of fused-ring (bicyclic) bond motifs is 2. The molecule has 3 aromatic rings. The second-order valence-electron chi connectivity index (χ2n) is 6.54. The molecule has 0 saturated heterocycles. The lowest BCUT2D eigenvalue weighted by molar-refractivity contribution is 0.0951. The van der Waals surface area contributed by atoms with Crippen LogP contribution in [0.4, 0.5) is 0 Å². The Kier molecular flexibility index (Phi) is 4.24. The van der Waals surface area contributed by atoms with E-state index in [1.807, 2.05) is 26.2 Å². The summed E-state index contributed by atoms with van der Waals surface area (Å²) in [6.45, 7) is 1.47. The van der Waals surface area contributed by atoms with E-state index in [0.29, 0.717) is 6.54 Å². The van der Waals surface area contributed by atoms with Crippen molar-refractivity contribution < 1.29 is 4.79 Å². The third kappa shape index (κ3) is 3.03. The number of hydrogen-bond acceptors (Lipinski definition) is 3. The van der Waals surface area contributed by atoms with Crippen LogP contribution < -0.4 is 5.32 Å². The number of amides is 1. The van der Waals surface area contributed by atoms with Gasteiger partial charge in [0.1, 0.15) is 0 Å². The average molecular weight is 348 g/mol. The molecule has 1 heterocycles. The van der Waals surface area contributed by atoms with E-state index in [9.17, 15) is 4.79 Å². The third-order valence-electron chi connectivity index (χ3n) is 4.44. The minimum Gasteiger partial charge on any atom is -0.351 e. The van der Waals surface area contributed by atoms with E-state index in [1.165, 1.54) is 20.7 Å². The molecule has 0 saturated carbocycles. The minimum atomic E-state index is -0.0129. The number of likely N-dealkylation sites (N-methyl/N-ethyl adjacent to an activating group) is 1. The van der Waals surface area contributed by atoms with Crippen molar-refractivity contribution in [2.75, 3.05) is 27.2 Å². The van der Waals surface area contributed by atoms with Crippen LogP contribution in [0.3, 0.4) is 0 Å². The fraction of sp³-hybridized carbons (Fsp3) is 0.190. The zero-order valence-corrected chi connectivity index (χ0v) is 15.2. The molecule has 3 aromatic carbocycles. The monoisotopic (exact) mass is 348 g/mol. The first-order valence-electron chi connectivity index (χ1n) is 8.40. The second kappa shape index (κ2) is 6.54. The van der Waals surface area contributed by atoms with E-state index in [2.05, 4.69) is 52.7 Å². The van der Waals surface area contributed by atoms with Gasteiger partial charge in [-0.3, -0.25) is 4.79 Å². The summed E-state index contributed by atoms with van der Waals surface area (Å²) in [5.41, 5.74) is 3.08. The topological polar surface area (TPSA) is 32.3 Å². The summed E-state index contributed by atoms with van der Waals surface area (Å²) >= 11 is 1.80. The standard InChI is InChI=1S/C21H20N2OS/c1-23(2)11-10-22-21(24)15-12-14-6-5-9-19-20(14)17(13-15)16-7-3-4-8-18(16)25-19/h3-9,12-13H,10-11H2,1-2H3,(H,22,24). The van der Waals surface area contributed by atoms with Crippen molar-refractivity contribution in [2.45, 2.75) is 9.79 Å². The molecule has 0 aromatic heterocycles. The van der Waals surface area contributed by atoms with Gasteiger partial charge in [0.25, 0.3) is 5.91 Å². The maximum absolute atomic E-state index is 12.6. The van der Waals surface area contributed by atoms with E-state index in [0.717, 1.165) is 23.1 Å². The van der Waals surface area contributed by atoms with Crippen molar-refractivity contribution in [3.63, 3.8) is 0 Å². The zero-order chi connectivity index (χ0) is 17.4. The molecule has 25 heavy (non-hydrogen) atoms. The van der Waals surface area contributed by atoms with Crippen molar-refractivity contribution in [2.24, 2.45) is 0 Å².